The fraction of sp³-hybridized carbons (Fsp3) is 0.588. The lowest BCUT2D eigenvalue weighted by atomic mass is 10.1. The van der Waals surface area contributed by atoms with Crippen molar-refractivity contribution in [2.75, 3.05) is 43.9 Å². The summed E-state index contributed by atoms with van der Waals surface area (Å²) in [5.41, 5.74) is 0.846. The topological polar surface area (TPSA) is 113 Å². The maximum absolute atomic E-state index is 12.6. The minimum Gasteiger partial charge on any atom is -0.371 e. The van der Waals surface area contributed by atoms with E-state index >= 15 is 0 Å². The first-order valence-corrected chi connectivity index (χ1v) is 10.6. The molecule has 10 heteroatoms. The molecule has 0 unspecified atom stereocenters. The third-order valence-corrected chi connectivity index (χ3v) is 6.52. The van der Waals surface area contributed by atoms with Crippen LogP contribution in [0.3, 0.4) is 0 Å². The minimum absolute atomic E-state index is 0.0305. The van der Waals surface area contributed by atoms with Crippen LogP contribution in [-0.4, -0.2) is 62.5 Å². The molecule has 1 heterocycles. The predicted octanol–water partition coefficient (Wildman–Crippen LogP) is 1.60. The number of carbonyl (C=O) groups is 1. The van der Waals surface area contributed by atoms with Gasteiger partial charge in [0.1, 0.15) is 0 Å². The van der Waals surface area contributed by atoms with Gasteiger partial charge in [-0.25, -0.2) is 12.7 Å². The van der Waals surface area contributed by atoms with Crippen LogP contribution in [0, 0.1) is 10.1 Å². The lowest BCUT2D eigenvalue weighted by molar-refractivity contribution is -0.384. The molecular formula is C17H26N4O5S. The Morgan fingerprint density at radius 2 is 2.00 bits per heavy atom. The number of nitrogens with zero attached hydrogens (tertiary/aromatic N) is 3. The maximum atomic E-state index is 12.6. The standard InChI is InChI=1S/C17H26N4O5S/c1-3-27(25,26)19(2)10-6-9-18-17(22)15-13-14(21(23)24)7-8-16(15)20-11-4-5-12-20/h7-8,13H,3-6,9-12H2,1-2H3,(H,18,22). The summed E-state index contributed by atoms with van der Waals surface area (Å²) in [6, 6.07) is 4.34. The molecule has 9 nitrogen and oxygen atoms in total. The second-order valence-corrected chi connectivity index (χ2v) is 8.85. The van der Waals surface area contributed by atoms with Gasteiger partial charge in [-0.2, -0.15) is 0 Å². The Labute approximate surface area is 159 Å². The van der Waals surface area contributed by atoms with E-state index in [2.05, 4.69) is 10.2 Å². The summed E-state index contributed by atoms with van der Waals surface area (Å²) in [6.07, 6.45) is 2.50. The summed E-state index contributed by atoms with van der Waals surface area (Å²) in [5.74, 6) is -0.357. The maximum Gasteiger partial charge on any atom is 0.270 e. The van der Waals surface area contributed by atoms with Gasteiger partial charge < -0.3 is 10.2 Å². The first-order valence-electron chi connectivity index (χ1n) is 9.02. The fourth-order valence-electron chi connectivity index (χ4n) is 3.01. The van der Waals surface area contributed by atoms with Crippen LogP contribution in [0.1, 0.15) is 36.5 Å². The summed E-state index contributed by atoms with van der Waals surface area (Å²) in [5, 5.41) is 13.8. The number of nitrogens with one attached hydrogen (secondary N) is 1. The number of nitro groups is 1. The van der Waals surface area contributed by atoms with Gasteiger partial charge in [-0.15, -0.1) is 0 Å². The van der Waals surface area contributed by atoms with Crippen molar-refractivity contribution in [3.05, 3.63) is 33.9 Å². The van der Waals surface area contributed by atoms with Crippen LogP contribution >= 0.6 is 0 Å². The average molecular weight is 398 g/mol. The molecule has 1 amide bonds. The van der Waals surface area contributed by atoms with E-state index in [1.54, 1.807) is 13.0 Å². The van der Waals surface area contributed by atoms with E-state index in [1.807, 2.05) is 0 Å². The van der Waals surface area contributed by atoms with Crippen molar-refractivity contribution in [3.8, 4) is 0 Å². The van der Waals surface area contributed by atoms with Crippen LogP contribution < -0.4 is 10.2 Å². The third kappa shape index (κ3) is 5.39. The first kappa shape index (κ1) is 21.1. The van der Waals surface area contributed by atoms with E-state index in [1.165, 1.54) is 23.5 Å². The summed E-state index contributed by atoms with van der Waals surface area (Å²) in [7, 11) is -1.74. The van der Waals surface area contributed by atoms with Gasteiger partial charge in [-0.05, 0) is 32.3 Å². The second-order valence-electron chi connectivity index (χ2n) is 6.48. The molecule has 0 spiro atoms. The summed E-state index contributed by atoms with van der Waals surface area (Å²) >= 11 is 0. The number of anilines is 1. The minimum atomic E-state index is -3.25. The molecule has 0 radical (unpaired) electrons. The summed E-state index contributed by atoms with van der Waals surface area (Å²) < 4.78 is 24.7. The van der Waals surface area contributed by atoms with Crippen molar-refractivity contribution in [1.29, 1.82) is 0 Å². The van der Waals surface area contributed by atoms with Gasteiger partial charge in [0, 0.05) is 45.4 Å². The zero-order valence-electron chi connectivity index (χ0n) is 15.7. The predicted molar refractivity (Wildman–Crippen MR) is 104 cm³/mol. The SMILES string of the molecule is CCS(=O)(=O)N(C)CCCNC(=O)c1cc([N+](=O)[O-])ccc1N1CCCC1. The number of amides is 1. The van der Waals surface area contributed by atoms with Crippen LogP contribution in [0.2, 0.25) is 0 Å². The Bertz CT molecular complexity index is 791. The van der Waals surface area contributed by atoms with E-state index < -0.39 is 14.9 Å². The molecule has 150 valence electrons. The molecular weight excluding hydrogens is 372 g/mol. The molecule has 2 rings (SSSR count). The van der Waals surface area contributed by atoms with Gasteiger partial charge >= 0.3 is 0 Å². The van der Waals surface area contributed by atoms with Gasteiger partial charge in [0.25, 0.3) is 11.6 Å². The highest BCUT2D eigenvalue weighted by Gasteiger charge is 2.22. The second kappa shape index (κ2) is 9.14. The van der Waals surface area contributed by atoms with Crippen LogP contribution in [0.5, 0.6) is 0 Å². The third-order valence-electron chi connectivity index (χ3n) is 4.66. The Hall–Kier alpha value is -2.20. The number of sulfonamides is 1. The molecule has 1 saturated heterocycles. The lowest BCUT2D eigenvalue weighted by Gasteiger charge is -2.21. The normalized spacial score (nSPS) is 14.6. The Morgan fingerprint density at radius 1 is 1.33 bits per heavy atom. The van der Waals surface area contributed by atoms with Gasteiger partial charge in [0.15, 0.2) is 0 Å². The number of nitro benzene ring substituents is 1. The van der Waals surface area contributed by atoms with Crippen molar-refractivity contribution in [2.45, 2.75) is 26.2 Å². The first-order chi connectivity index (χ1) is 12.8. The number of hydrogen-bond donors (Lipinski definition) is 1. The molecule has 0 aromatic heterocycles. The Balaban J connectivity index is 2.03. The van der Waals surface area contributed by atoms with Gasteiger partial charge in [0.05, 0.1) is 21.9 Å². The molecule has 0 bridgehead atoms. The molecule has 27 heavy (non-hydrogen) atoms. The molecule has 1 N–H and O–H groups in total. The van der Waals surface area contributed by atoms with Gasteiger partial charge in [-0.1, -0.05) is 0 Å². The average Bonchev–Trinajstić information content (AvgIpc) is 3.18. The fourth-order valence-corrected chi connectivity index (χ4v) is 3.86. The van der Waals surface area contributed by atoms with Crippen molar-refractivity contribution in [3.63, 3.8) is 0 Å². The van der Waals surface area contributed by atoms with Gasteiger partial charge in [-0.3, -0.25) is 14.9 Å². The highest BCUT2D eigenvalue weighted by Crippen LogP contribution is 2.28. The Morgan fingerprint density at radius 3 is 2.59 bits per heavy atom. The monoisotopic (exact) mass is 398 g/mol. The summed E-state index contributed by atoms with van der Waals surface area (Å²) in [6.45, 7) is 3.79. The molecule has 0 atom stereocenters. The quantitative estimate of drug-likeness (QED) is 0.384. The number of carbonyl (C=O) groups excluding carboxylic acids is 1. The smallest absolute Gasteiger partial charge is 0.270 e. The van der Waals surface area contributed by atoms with Crippen molar-refractivity contribution >= 4 is 27.3 Å². The highest BCUT2D eigenvalue weighted by molar-refractivity contribution is 7.89. The molecule has 1 aliphatic rings. The number of non-ortho nitro benzene ring substituents is 1. The molecule has 0 aliphatic carbocycles. The van der Waals surface area contributed by atoms with Crippen LogP contribution in [0.15, 0.2) is 18.2 Å². The van der Waals surface area contributed by atoms with Crippen molar-refractivity contribution in [1.82, 2.24) is 9.62 Å². The number of rotatable bonds is 9. The zero-order chi connectivity index (χ0) is 20.0. The zero-order valence-corrected chi connectivity index (χ0v) is 16.5. The number of benzene rings is 1. The molecule has 1 aromatic rings. The van der Waals surface area contributed by atoms with Crippen LogP contribution in [0.25, 0.3) is 0 Å². The lowest BCUT2D eigenvalue weighted by Crippen LogP contribution is -2.33. The van der Waals surface area contributed by atoms with Crippen molar-refractivity contribution < 1.29 is 18.1 Å². The van der Waals surface area contributed by atoms with E-state index in [4.69, 9.17) is 0 Å². The van der Waals surface area contributed by atoms with E-state index in [0.29, 0.717) is 18.7 Å². The molecule has 0 saturated carbocycles. The Kier molecular flexibility index (Phi) is 7.14. The summed E-state index contributed by atoms with van der Waals surface area (Å²) in [4.78, 5) is 25.2. The van der Waals surface area contributed by atoms with Gasteiger partial charge in [0.2, 0.25) is 10.0 Å². The largest absolute Gasteiger partial charge is 0.371 e. The highest BCUT2D eigenvalue weighted by atomic mass is 32.2. The van der Waals surface area contributed by atoms with Crippen LogP contribution in [-0.2, 0) is 10.0 Å². The van der Waals surface area contributed by atoms with E-state index in [-0.39, 0.29) is 29.5 Å². The molecule has 1 aromatic carbocycles. The van der Waals surface area contributed by atoms with E-state index in [0.717, 1.165) is 25.9 Å². The van der Waals surface area contributed by atoms with Crippen molar-refractivity contribution in [2.24, 2.45) is 0 Å². The van der Waals surface area contributed by atoms with Crippen LogP contribution in [0.4, 0.5) is 11.4 Å². The van der Waals surface area contributed by atoms with E-state index in [9.17, 15) is 23.3 Å². The molecule has 1 fully saturated rings. The molecule has 1 aliphatic heterocycles. The number of hydrogen-bond acceptors (Lipinski definition) is 6.